The molecule has 0 saturated heterocycles. The van der Waals surface area contributed by atoms with Gasteiger partial charge in [0.1, 0.15) is 0 Å². The van der Waals surface area contributed by atoms with E-state index in [0.29, 0.717) is 6.10 Å². The van der Waals surface area contributed by atoms with E-state index in [1.165, 1.54) is 51.4 Å². The lowest BCUT2D eigenvalue weighted by molar-refractivity contribution is 0.0262. The van der Waals surface area contributed by atoms with Crippen molar-refractivity contribution >= 4 is 0 Å². The molecular formula is C15H31NO. The molecule has 2 atom stereocenters. The van der Waals surface area contributed by atoms with Crippen LogP contribution in [0.15, 0.2) is 0 Å². The van der Waals surface area contributed by atoms with E-state index in [1.54, 1.807) is 0 Å². The van der Waals surface area contributed by atoms with Crippen LogP contribution in [0.4, 0.5) is 0 Å². The van der Waals surface area contributed by atoms with Gasteiger partial charge in [-0.25, -0.2) is 0 Å². The summed E-state index contributed by atoms with van der Waals surface area (Å²) in [6, 6.07) is 0.272. The van der Waals surface area contributed by atoms with E-state index in [0.717, 1.165) is 18.9 Å². The van der Waals surface area contributed by atoms with Gasteiger partial charge in [-0.15, -0.1) is 0 Å². The first-order valence-electron chi connectivity index (χ1n) is 7.66. The van der Waals surface area contributed by atoms with E-state index in [1.807, 2.05) is 0 Å². The second-order valence-electron chi connectivity index (χ2n) is 5.48. The van der Waals surface area contributed by atoms with Crippen molar-refractivity contribution in [2.75, 3.05) is 6.61 Å². The minimum atomic E-state index is 0.272. The third-order valence-corrected chi connectivity index (χ3v) is 3.76. The lowest BCUT2D eigenvalue weighted by Gasteiger charge is -2.23. The van der Waals surface area contributed by atoms with E-state index < -0.39 is 0 Å². The normalized spacial score (nSPS) is 19.2. The van der Waals surface area contributed by atoms with Gasteiger partial charge >= 0.3 is 0 Å². The van der Waals surface area contributed by atoms with Crippen LogP contribution in [0, 0.1) is 5.92 Å². The van der Waals surface area contributed by atoms with Gasteiger partial charge in [0.2, 0.25) is 0 Å². The van der Waals surface area contributed by atoms with Crippen LogP contribution in [-0.2, 0) is 4.74 Å². The van der Waals surface area contributed by atoms with Gasteiger partial charge in [0, 0.05) is 12.6 Å². The van der Waals surface area contributed by atoms with Crippen LogP contribution in [0.25, 0.3) is 0 Å². The molecule has 0 radical (unpaired) electrons. The maximum atomic E-state index is 6.26. The highest BCUT2D eigenvalue weighted by atomic mass is 16.5. The van der Waals surface area contributed by atoms with Gasteiger partial charge < -0.3 is 10.5 Å². The molecule has 2 heteroatoms. The maximum absolute atomic E-state index is 6.26. The fraction of sp³-hybridized carbons (Fsp3) is 1.00. The first-order chi connectivity index (χ1) is 8.29. The van der Waals surface area contributed by atoms with Crippen molar-refractivity contribution in [2.24, 2.45) is 11.7 Å². The Balaban J connectivity index is 2.03. The molecule has 1 fully saturated rings. The summed E-state index contributed by atoms with van der Waals surface area (Å²) in [4.78, 5) is 0. The summed E-state index contributed by atoms with van der Waals surface area (Å²) in [6.07, 6.45) is 12.3. The van der Waals surface area contributed by atoms with Crippen LogP contribution in [0.3, 0.4) is 0 Å². The van der Waals surface area contributed by atoms with Gasteiger partial charge in [0.25, 0.3) is 0 Å². The molecule has 17 heavy (non-hydrogen) atoms. The molecule has 0 heterocycles. The van der Waals surface area contributed by atoms with Gasteiger partial charge in [-0.3, -0.25) is 0 Å². The topological polar surface area (TPSA) is 35.2 Å². The molecule has 0 aromatic rings. The van der Waals surface area contributed by atoms with Crippen molar-refractivity contribution in [3.63, 3.8) is 0 Å². The highest BCUT2D eigenvalue weighted by Crippen LogP contribution is 2.36. The van der Waals surface area contributed by atoms with Crippen LogP contribution in [0.2, 0.25) is 0 Å². The van der Waals surface area contributed by atoms with E-state index in [9.17, 15) is 0 Å². The Kier molecular flexibility index (Phi) is 7.87. The third kappa shape index (κ3) is 6.42. The largest absolute Gasteiger partial charge is 0.377 e. The molecule has 2 N–H and O–H groups in total. The first-order valence-corrected chi connectivity index (χ1v) is 7.66. The predicted octanol–water partition coefficient (Wildman–Crippen LogP) is 3.88. The highest BCUT2D eigenvalue weighted by molar-refractivity contribution is 4.88. The van der Waals surface area contributed by atoms with Crippen molar-refractivity contribution in [1.82, 2.24) is 0 Å². The molecule has 0 spiro atoms. The fourth-order valence-electron chi connectivity index (χ4n) is 2.55. The zero-order valence-corrected chi connectivity index (χ0v) is 11.8. The molecular weight excluding hydrogens is 210 g/mol. The van der Waals surface area contributed by atoms with E-state index >= 15 is 0 Å². The number of hydrogen-bond donors (Lipinski definition) is 1. The van der Waals surface area contributed by atoms with E-state index in [4.69, 9.17) is 10.5 Å². The zero-order valence-electron chi connectivity index (χ0n) is 11.8. The molecule has 0 aromatic heterocycles. The Morgan fingerprint density at radius 1 is 1.06 bits per heavy atom. The van der Waals surface area contributed by atoms with Crippen molar-refractivity contribution in [1.29, 1.82) is 0 Å². The van der Waals surface area contributed by atoms with Crippen molar-refractivity contribution in [2.45, 2.75) is 83.8 Å². The maximum Gasteiger partial charge on any atom is 0.0753 e. The predicted molar refractivity (Wildman–Crippen MR) is 74.1 cm³/mol. The standard InChI is InChI=1S/C15H31NO/c1-3-5-6-7-8-9-10-14(16)15(17-4-2)13-11-12-13/h13-15H,3-12,16H2,1-2H3. The van der Waals surface area contributed by atoms with Crippen LogP contribution >= 0.6 is 0 Å². The number of hydrogen-bond acceptors (Lipinski definition) is 2. The summed E-state index contributed by atoms with van der Waals surface area (Å²) in [7, 11) is 0. The lowest BCUT2D eigenvalue weighted by atomic mass is 10.00. The Labute approximate surface area is 107 Å². The quantitative estimate of drug-likeness (QED) is 0.557. The monoisotopic (exact) mass is 241 g/mol. The van der Waals surface area contributed by atoms with Gasteiger partial charge in [-0.05, 0) is 32.1 Å². The summed E-state index contributed by atoms with van der Waals surface area (Å²) in [5.41, 5.74) is 6.26. The molecule has 2 unspecified atom stereocenters. The number of rotatable bonds is 11. The van der Waals surface area contributed by atoms with Crippen LogP contribution < -0.4 is 5.73 Å². The Hall–Kier alpha value is -0.0800. The summed E-state index contributed by atoms with van der Waals surface area (Å²) in [6.45, 7) is 5.15. The zero-order chi connectivity index (χ0) is 12.5. The van der Waals surface area contributed by atoms with E-state index in [2.05, 4.69) is 13.8 Å². The SMILES string of the molecule is CCCCCCCCC(N)C(OCC)C1CC1. The minimum absolute atomic E-state index is 0.272. The van der Waals surface area contributed by atoms with Gasteiger partial charge in [-0.2, -0.15) is 0 Å². The van der Waals surface area contributed by atoms with Crippen LogP contribution in [0.5, 0.6) is 0 Å². The summed E-state index contributed by atoms with van der Waals surface area (Å²) in [5.74, 6) is 0.769. The first kappa shape index (κ1) is 15.0. The molecule has 1 aliphatic carbocycles. The average Bonchev–Trinajstić information content (AvgIpc) is 3.14. The Morgan fingerprint density at radius 3 is 2.29 bits per heavy atom. The Morgan fingerprint density at radius 2 is 1.71 bits per heavy atom. The average molecular weight is 241 g/mol. The molecule has 2 nitrogen and oxygen atoms in total. The third-order valence-electron chi connectivity index (χ3n) is 3.76. The molecule has 1 rings (SSSR count). The smallest absolute Gasteiger partial charge is 0.0753 e. The van der Waals surface area contributed by atoms with Gasteiger partial charge in [0.05, 0.1) is 6.10 Å². The molecule has 0 aliphatic heterocycles. The van der Waals surface area contributed by atoms with Gasteiger partial charge in [-0.1, -0.05) is 45.4 Å². The molecule has 0 bridgehead atoms. The number of nitrogens with two attached hydrogens (primary N) is 1. The second-order valence-corrected chi connectivity index (χ2v) is 5.48. The molecule has 1 aliphatic rings. The highest BCUT2D eigenvalue weighted by Gasteiger charge is 2.35. The Bertz CT molecular complexity index is 180. The fourth-order valence-corrected chi connectivity index (χ4v) is 2.55. The van der Waals surface area contributed by atoms with Gasteiger partial charge in [0.15, 0.2) is 0 Å². The molecule has 0 amide bonds. The van der Waals surface area contributed by atoms with E-state index in [-0.39, 0.29) is 6.04 Å². The second kappa shape index (κ2) is 8.93. The molecule has 0 aromatic carbocycles. The number of unbranched alkanes of at least 4 members (excludes halogenated alkanes) is 5. The molecule has 1 saturated carbocycles. The van der Waals surface area contributed by atoms with Crippen molar-refractivity contribution in [3.05, 3.63) is 0 Å². The summed E-state index contributed by atoms with van der Waals surface area (Å²) in [5, 5.41) is 0. The molecule has 102 valence electrons. The lowest BCUT2D eigenvalue weighted by Crippen LogP contribution is -2.38. The minimum Gasteiger partial charge on any atom is -0.377 e. The van der Waals surface area contributed by atoms with Crippen LogP contribution in [0.1, 0.15) is 71.6 Å². The number of ether oxygens (including phenoxy) is 1. The van der Waals surface area contributed by atoms with Crippen LogP contribution in [-0.4, -0.2) is 18.8 Å². The van der Waals surface area contributed by atoms with Crippen molar-refractivity contribution < 1.29 is 4.74 Å². The summed E-state index contributed by atoms with van der Waals surface area (Å²) >= 11 is 0. The summed E-state index contributed by atoms with van der Waals surface area (Å²) < 4.78 is 5.80. The van der Waals surface area contributed by atoms with Crippen molar-refractivity contribution in [3.8, 4) is 0 Å².